The van der Waals surface area contributed by atoms with Gasteiger partial charge in [0.05, 0.1) is 33.1 Å². The molecule has 0 saturated heterocycles. The van der Waals surface area contributed by atoms with Crippen LogP contribution >= 0.6 is 0 Å². The third-order valence-corrected chi connectivity index (χ3v) is 4.88. The maximum atomic E-state index is 4.31. The summed E-state index contributed by atoms with van der Waals surface area (Å²) in [5.74, 6) is 0. The van der Waals surface area contributed by atoms with Crippen LogP contribution in [0.25, 0.3) is 33.1 Å². The van der Waals surface area contributed by atoms with Crippen LogP contribution in [0.1, 0.15) is 58.4 Å². The van der Waals surface area contributed by atoms with Crippen molar-refractivity contribution in [3.05, 3.63) is 108 Å². The standard InChI is InChI=1S/3C9H8N2.3C2H6/c1-7-4-5-8-9(11-7)3-2-6-10-8;1-7-4-6-10-8-3-2-5-11-9(7)8;1-7-5-9-8(11-6-7)3-2-4-10-9;3*1-2/h3*2-6H,1H3;3*1-2H3. The fraction of sp³-hybridized carbons (Fsp3) is 0.273. The average molecular weight is 523 g/mol. The van der Waals surface area contributed by atoms with Gasteiger partial charge in [0.25, 0.3) is 0 Å². The van der Waals surface area contributed by atoms with E-state index in [0.717, 1.165) is 44.4 Å². The van der Waals surface area contributed by atoms with Crippen LogP contribution in [-0.4, -0.2) is 29.9 Å². The molecule has 6 heterocycles. The number of aryl methyl sites for hydroxylation is 3. The molecule has 0 spiro atoms. The summed E-state index contributed by atoms with van der Waals surface area (Å²) in [7, 11) is 0. The third-order valence-electron chi connectivity index (χ3n) is 4.88. The molecule has 0 saturated carbocycles. The van der Waals surface area contributed by atoms with Gasteiger partial charge in [-0.25, -0.2) is 0 Å². The number of pyridine rings is 6. The molecule has 6 heteroatoms. The van der Waals surface area contributed by atoms with Crippen molar-refractivity contribution in [3.8, 4) is 0 Å². The van der Waals surface area contributed by atoms with Crippen molar-refractivity contribution in [3.63, 3.8) is 0 Å². The quantitative estimate of drug-likeness (QED) is 0.198. The summed E-state index contributed by atoms with van der Waals surface area (Å²) < 4.78 is 0. The lowest BCUT2D eigenvalue weighted by molar-refractivity contribution is 1.24. The normalized spacial score (nSPS) is 9.15. The van der Waals surface area contributed by atoms with Crippen molar-refractivity contribution in [2.75, 3.05) is 0 Å². The molecule has 6 rings (SSSR count). The summed E-state index contributed by atoms with van der Waals surface area (Å²) in [6.07, 6.45) is 9.00. The van der Waals surface area contributed by atoms with Crippen LogP contribution in [0, 0.1) is 20.8 Å². The Morgan fingerprint density at radius 3 is 1.67 bits per heavy atom. The van der Waals surface area contributed by atoms with Crippen molar-refractivity contribution in [1.29, 1.82) is 0 Å². The SMILES string of the molecule is CC.CC.CC.Cc1ccc2ncccc2n1.Cc1ccnc2cccnc12.Cc1cnc2cccnc2c1. The van der Waals surface area contributed by atoms with Gasteiger partial charge in [-0.15, -0.1) is 0 Å². The predicted molar refractivity (Wildman–Crippen MR) is 167 cm³/mol. The molecule has 0 aliphatic carbocycles. The van der Waals surface area contributed by atoms with E-state index in [2.05, 4.69) is 29.9 Å². The lowest BCUT2D eigenvalue weighted by Gasteiger charge is -1.96. The Labute approximate surface area is 233 Å². The zero-order valence-electron chi connectivity index (χ0n) is 24.8. The number of fused-ring (bicyclic) bond motifs is 3. The van der Waals surface area contributed by atoms with E-state index in [1.54, 1.807) is 24.8 Å². The van der Waals surface area contributed by atoms with Crippen LogP contribution in [0.5, 0.6) is 0 Å². The number of nitrogens with zero attached hydrogens (tertiary/aromatic N) is 6. The highest BCUT2D eigenvalue weighted by Crippen LogP contribution is 2.11. The van der Waals surface area contributed by atoms with Crippen LogP contribution < -0.4 is 0 Å². The molecule has 0 N–H and O–H groups in total. The van der Waals surface area contributed by atoms with Crippen molar-refractivity contribution < 1.29 is 0 Å². The van der Waals surface area contributed by atoms with Gasteiger partial charge in [0.1, 0.15) is 0 Å². The Morgan fingerprint density at radius 2 is 1.00 bits per heavy atom. The highest BCUT2D eigenvalue weighted by Gasteiger charge is 1.95. The lowest BCUT2D eigenvalue weighted by Crippen LogP contribution is -1.83. The molecule has 0 radical (unpaired) electrons. The molecular formula is C33H42N6. The van der Waals surface area contributed by atoms with Gasteiger partial charge in [-0.3, -0.25) is 29.9 Å². The average Bonchev–Trinajstić information content (AvgIpc) is 3.01. The van der Waals surface area contributed by atoms with Crippen LogP contribution in [0.2, 0.25) is 0 Å². The monoisotopic (exact) mass is 522 g/mol. The first-order valence-electron chi connectivity index (χ1n) is 13.6. The second-order valence-corrected chi connectivity index (χ2v) is 7.55. The summed E-state index contributed by atoms with van der Waals surface area (Å²) >= 11 is 0. The maximum Gasteiger partial charge on any atom is 0.0915 e. The lowest BCUT2D eigenvalue weighted by atomic mass is 10.2. The third kappa shape index (κ3) is 10.5. The van der Waals surface area contributed by atoms with Gasteiger partial charge >= 0.3 is 0 Å². The van der Waals surface area contributed by atoms with Gasteiger partial charge in [-0.1, -0.05) is 41.5 Å². The number of hydrogen-bond donors (Lipinski definition) is 0. The molecule has 0 aliphatic heterocycles. The topological polar surface area (TPSA) is 77.3 Å². The van der Waals surface area contributed by atoms with Crippen molar-refractivity contribution in [2.45, 2.75) is 62.3 Å². The van der Waals surface area contributed by atoms with Gasteiger partial charge < -0.3 is 0 Å². The Kier molecular flexibility index (Phi) is 15.8. The van der Waals surface area contributed by atoms with Crippen LogP contribution in [0.3, 0.4) is 0 Å². The van der Waals surface area contributed by atoms with E-state index in [1.165, 1.54) is 5.56 Å². The second-order valence-electron chi connectivity index (χ2n) is 7.55. The minimum atomic E-state index is 0.957. The van der Waals surface area contributed by atoms with Crippen LogP contribution in [0.4, 0.5) is 0 Å². The molecule has 0 amide bonds. The molecule has 0 aromatic carbocycles. The number of rotatable bonds is 0. The molecule has 6 nitrogen and oxygen atoms in total. The van der Waals surface area contributed by atoms with E-state index in [1.807, 2.05) is 129 Å². The summed E-state index contributed by atoms with van der Waals surface area (Å²) in [6.45, 7) is 18.0. The van der Waals surface area contributed by atoms with Crippen molar-refractivity contribution in [2.24, 2.45) is 0 Å². The van der Waals surface area contributed by atoms with E-state index in [0.29, 0.717) is 0 Å². The van der Waals surface area contributed by atoms with Gasteiger partial charge in [0.15, 0.2) is 0 Å². The first kappa shape index (κ1) is 32.7. The van der Waals surface area contributed by atoms with Crippen LogP contribution in [-0.2, 0) is 0 Å². The van der Waals surface area contributed by atoms with Gasteiger partial charge in [-0.05, 0) is 92.6 Å². The fourth-order valence-electron chi connectivity index (χ4n) is 3.23. The number of hydrogen-bond acceptors (Lipinski definition) is 6. The summed E-state index contributed by atoms with van der Waals surface area (Å²) in [5.41, 5.74) is 9.16. The van der Waals surface area contributed by atoms with E-state index in [-0.39, 0.29) is 0 Å². The molecule has 0 unspecified atom stereocenters. The fourth-order valence-corrected chi connectivity index (χ4v) is 3.23. The minimum absolute atomic E-state index is 0.957. The Morgan fingerprint density at radius 1 is 0.462 bits per heavy atom. The molecule has 0 bridgehead atoms. The van der Waals surface area contributed by atoms with E-state index < -0.39 is 0 Å². The zero-order valence-corrected chi connectivity index (χ0v) is 24.8. The molecule has 0 fully saturated rings. The van der Waals surface area contributed by atoms with E-state index in [4.69, 9.17) is 0 Å². The van der Waals surface area contributed by atoms with E-state index >= 15 is 0 Å². The van der Waals surface area contributed by atoms with Gasteiger partial charge in [0.2, 0.25) is 0 Å². The first-order valence-corrected chi connectivity index (χ1v) is 13.6. The molecule has 6 aromatic heterocycles. The summed E-state index contributed by atoms with van der Waals surface area (Å²) in [5, 5.41) is 0. The zero-order chi connectivity index (χ0) is 29.0. The summed E-state index contributed by atoms with van der Waals surface area (Å²) in [6, 6.07) is 19.5. The Balaban J connectivity index is 0.000000267. The van der Waals surface area contributed by atoms with Crippen molar-refractivity contribution >= 4 is 33.1 Å². The second kappa shape index (κ2) is 18.9. The molecule has 0 aliphatic rings. The van der Waals surface area contributed by atoms with E-state index in [9.17, 15) is 0 Å². The summed E-state index contributed by atoms with van der Waals surface area (Å²) in [4.78, 5) is 25.3. The van der Waals surface area contributed by atoms with Crippen molar-refractivity contribution in [1.82, 2.24) is 29.9 Å². The van der Waals surface area contributed by atoms with Crippen LogP contribution in [0.15, 0.2) is 91.6 Å². The highest BCUT2D eigenvalue weighted by atomic mass is 14.8. The molecule has 39 heavy (non-hydrogen) atoms. The molecule has 0 atom stereocenters. The van der Waals surface area contributed by atoms with Gasteiger partial charge in [-0.2, -0.15) is 0 Å². The highest BCUT2D eigenvalue weighted by molar-refractivity contribution is 5.77. The Hall–Kier alpha value is -4.32. The first-order chi connectivity index (χ1) is 19.1. The maximum absolute atomic E-state index is 4.31. The van der Waals surface area contributed by atoms with Gasteiger partial charge in [0, 0.05) is 36.7 Å². The molecule has 6 aromatic rings. The largest absolute Gasteiger partial charge is 0.255 e. The Bertz CT molecular complexity index is 1420. The predicted octanol–water partition coefficient (Wildman–Crippen LogP) is 8.89. The molecular weight excluding hydrogens is 480 g/mol. The number of aromatic nitrogens is 6. The molecule has 204 valence electrons. The minimum Gasteiger partial charge on any atom is -0.255 e. The smallest absolute Gasteiger partial charge is 0.0915 e.